The van der Waals surface area contributed by atoms with E-state index in [1.807, 2.05) is 0 Å². The second-order valence-electron chi connectivity index (χ2n) is 4.71. The van der Waals surface area contributed by atoms with Gasteiger partial charge in [-0.3, -0.25) is 4.79 Å². The van der Waals surface area contributed by atoms with Crippen molar-refractivity contribution >= 4 is 27.5 Å². The zero-order chi connectivity index (χ0) is 17.9. The van der Waals surface area contributed by atoms with E-state index in [2.05, 4.69) is 21.2 Å². The van der Waals surface area contributed by atoms with E-state index in [1.54, 1.807) is 6.07 Å². The van der Waals surface area contributed by atoms with E-state index in [4.69, 9.17) is 9.47 Å². The lowest BCUT2D eigenvalue weighted by molar-refractivity contribution is -0.138. The fourth-order valence-corrected chi connectivity index (χ4v) is 2.48. The van der Waals surface area contributed by atoms with Crippen LogP contribution in [0.4, 0.5) is 18.9 Å². The largest absolute Gasteiger partial charge is 0.497 e. The summed E-state index contributed by atoms with van der Waals surface area (Å²) in [5.74, 6) is 0.149. The second-order valence-corrected chi connectivity index (χ2v) is 5.57. The lowest BCUT2D eigenvalue weighted by Crippen LogP contribution is -2.14. The van der Waals surface area contributed by atoms with E-state index in [9.17, 15) is 18.0 Å². The van der Waals surface area contributed by atoms with E-state index < -0.39 is 17.6 Å². The van der Waals surface area contributed by atoms with Gasteiger partial charge in [-0.2, -0.15) is 13.2 Å². The maximum Gasteiger partial charge on any atom is 0.417 e. The number of nitrogens with one attached hydrogen (secondary N) is 1. The van der Waals surface area contributed by atoms with Gasteiger partial charge in [0, 0.05) is 16.2 Å². The van der Waals surface area contributed by atoms with Crippen molar-refractivity contribution in [3.05, 3.63) is 52.0 Å². The van der Waals surface area contributed by atoms with E-state index in [-0.39, 0.29) is 21.5 Å². The number of anilines is 1. The highest BCUT2D eigenvalue weighted by atomic mass is 79.9. The Bertz CT molecular complexity index is 763. The van der Waals surface area contributed by atoms with Crippen molar-refractivity contribution in [2.75, 3.05) is 19.5 Å². The lowest BCUT2D eigenvalue weighted by Gasteiger charge is -2.13. The summed E-state index contributed by atoms with van der Waals surface area (Å²) in [6.45, 7) is 0. The van der Waals surface area contributed by atoms with Gasteiger partial charge in [0.05, 0.1) is 25.3 Å². The molecule has 0 unspecified atom stereocenters. The van der Waals surface area contributed by atoms with Crippen molar-refractivity contribution in [2.45, 2.75) is 6.18 Å². The van der Waals surface area contributed by atoms with Crippen LogP contribution in [0.5, 0.6) is 11.5 Å². The number of ether oxygens (including phenoxy) is 2. The average Bonchev–Trinajstić information content (AvgIpc) is 2.54. The normalized spacial score (nSPS) is 11.1. The first kappa shape index (κ1) is 18.1. The molecule has 24 heavy (non-hydrogen) atoms. The molecule has 0 atom stereocenters. The molecule has 8 heteroatoms. The van der Waals surface area contributed by atoms with Crippen LogP contribution in [0.1, 0.15) is 15.9 Å². The number of methoxy groups -OCH3 is 2. The molecule has 0 heterocycles. The summed E-state index contributed by atoms with van der Waals surface area (Å²) in [6, 6.07) is 7.99. The number of halogens is 4. The molecule has 0 aromatic heterocycles. The lowest BCUT2D eigenvalue weighted by atomic mass is 10.1. The molecule has 2 aromatic rings. The zero-order valence-corrected chi connectivity index (χ0v) is 14.3. The number of amides is 1. The van der Waals surface area contributed by atoms with Crippen LogP contribution in [0, 0.1) is 0 Å². The number of hydrogen-bond donors (Lipinski definition) is 1. The Hall–Kier alpha value is -2.22. The van der Waals surface area contributed by atoms with Crippen LogP contribution < -0.4 is 14.8 Å². The molecule has 128 valence electrons. The van der Waals surface area contributed by atoms with Crippen LogP contribution >= 0.6 is 15.9 Å². The maximum atomic E-state index is 12.9. The van der Waals surface area contributed by atoms with Crippen LogP contribution in [0.25, 0.3) is 0 Å². The van der Waals surface area contributed by atoms with Gasteiger partial charge in [-0.25, -0.2) is 0 Å². The molecule has 4 nitrogen and oxygen atoms in total. The highest BCUT2D eigenvalue weighted by molar-refractivity contribution is 9.10. The van der Waals surface area contributed by atoms with Gasteiger partial charge in [0.25, 0.3) is 5.91 Å². The van der Waals surface area contributed by atoms with Crippen molar-refractivity contribution in [2.24, 2.45) is 0 Å². The number of hydrogen-bond acceptors (Lipinski definition) is 3. The third-order valence-corrected chi connectivity index (χ3v) is 3.87. The van der Waals surface area contributed by atoms with Crippen molar-refractivity contribution in [1.82, 2.24) is 0 Å². The third kappa shape index (κ3) is 4.00. The predicted octanol–water partition coefficient (Wildman–Crippen LogP) is 4.74. The Morgan fingerprint density at radius 2 is 1.79 bits per heavy atom. The third-order valence-electron chi connectivity index (χ3n) is 3.18. The summed E-state index contributed by atoms with van der Waals surface area (Å²) in [6.07, 6.45) is -4.53. The summed E-state index contributed by atoms with van der Waals surface area (Å²) in [4.78, 5) is 12.3. The molecule has 0 bridgehead atoms. The molecule has 0 aliphatic carbocycles. The molecule has 2 rings (SSSR count). The molecule has 2 aromatic carbocycles. The van der Waals surface area contributed by atoms with Crippen LogP contribution in [0.15, 0.2) is 40.9 Å². The average molecular weight is 404 g/mol. The second kappa shape index (κ2) is 7.12. The van der Waals surface area contributed by atoms with Gasteiger partial charge in [0.2, 0.25) is 0 Å². The van der Waals surface area contributed by atoms with E-state index in [1.165, 1.54) is 38.5 Å². The predicted molar refractivity (Wildman–Crippen MR) is 86.6 cm³/mol. The Morgan fingerprint density at radius 1 is 1.08 bits per heavy atom. The summed E-state index contributed by atoms with van der Waals surface area (Å²) in [5.41, 5.74) is -0.676. The smallest absolute Gasteiger partial charge is 0.417 e. The van der Waals surface area contributed by atoms with E-state index >= 15 is 0 Å². The van der Waals surface area contributed by atoms with Crippen LogP contribution in [0.2, 0.25) is 0 Å². The number of benzene rings is 2. The number of carbonyl (C=O) groups is 1. The maximum absolute atomic E-state index is 12.9. The van der Waals surface area contributed by atoms with Gasteiger partial charge < -0.3 is 14.8 Å². The van der Waals surface area contributed by atoms with Crippen molar-refractivity contribution in [1.29, 1.82) is 0 Å². The molecule has 0 aliphatic heterocycles. The fraction of sp³-hybridized carbons (Fsp3) is 0.188. The first-order chi connectivity index (χ1) is 11.3. The quantitative estimate of drug-likeness (QED) is 0.801. The molecular weight excluding hydrogens is 391 g/mol. The van der Waals surface area contributed by atoms with Crippen molar-refractivity contribution < 1.29 is 27.4 Å². The van der Waals surface area contributed by atoms with E-state index in [0.29, 0.717) is 5.75 Å². The Kier molecular flexibility index (Phi) is 5.38. The summed E-state index contributed by atoms with van der Waals surface area (Å²) in [7, 11) is 2.85. The number of rotatable bonds is 4. The molecule has 0 aliphatic rings. The Balaban J connectivity index is 2.30. The van der Waals surface area contributed by atoms with Crippen molar-refractivity contribution in [3.8, 4) is 11.5 Å². The molecule has 1 amide bonds. The number of alkyl halides is 3. The SMILES string of the molecule is COc1ccc(C(=O)Nc2ccc(Br)c(C(F)(F)F)c2)c(OC)c1. The summed E-state index contributed by atoms with van der Waals surface area (Å²) >= 11 is 2.85. The minimum absolute atomic E-state index is 0.0217. The topological polar surface area (TPSA) is 47.6 Å². The molecule has 0 saturated heterocycles. The standard InChI is InChI=1S/C16H13BrF3NO3/c1-23-10-4-5-11(14(8-10)24-2)15(22)21-9-3-6-13(17)12(7-9)16(18,19)20/h3-8H,1-2H3,(H,21,22). The van der Waals surface area contributed by atoms with Crippen LogP contribution in [-0.4, -0.2) is 20.1 Å². The summed E-state index contributed by atoms with van der Waals surface area (Å²) in [5, 5.41) is 2.43. The van der Waals surface area contributed by atoms with Gasteiger partial charge in [0.15, 0.2) is 0 Å². The minimum atomic E-state index is -4.53. The van der Waals surface area contributed by atoms with Gasteiger partial charge >= 0.3 is 6.18 Å². The van der Waals surface area contributed by atoms with Crippen LogP contribution in [0.3, 0.4) is 0 Å². The van der Waals surface area contributed by atoms with Gasteiger partial charge in [-0.05, 0) is 30.3 Å². The van der Waals surface area contributed by atoms with Gasteiger partial charge in [-0.1, -0.05) is 15.9 Å². The molecule has 0 spiro atoms. The molecule has 0 saturated carbocycles. The highest BCUT2D eigenvalue weighted by Crippen LogP contribution is 2.36. The summed E-state index contributed by atoms with van der Waals surface area (Å²) < 4.78 is 48.8. The van der Waals surface area contributed by atoms with Crippen molar-refractivity contribution in [3.63, 3.8) is 0 Å². The van der Waals surface area contributed by atoms with E-state index in [0.717, 1.165) is 6.07 Å². The van der Waals surface area contributed by atoms with Gasteiger partial charge in [-0.15, -0.1) is 0 Å². The first-order valence-electron chi connectivity index (χ1n) is 6.66. The highest BCUT2D eigenvalue weighted by Gasteiger charge is 2.33. The molecule has 1 N–H and O–H groups in total. The zero-order valence-electron chi connectivity index (χ0n) is 12.7. The monoisotopic (exact) mass is 403 g/mol. The first-order valence-corrected chi connectivity index (χ1v) is 7.45. The molecular formula is C16H13BrF3NO3. The Labute approximate surface area is 144 Å². The number of carbonyl (C=O) groups excluding carboxylic acids is 1. The van der Waals surface area contributed by atoms with Crippen LogP contribution in [-0.2, 0) is 6.18 Å². The fourth-order valence-electron chi connectivity index (χ4n) is 2.00. The molecule has 0 radical (unpaired) electrons. The molecule has 0 fully saturated rings. The van der Waals surface area contributed by atoms with Gasteiger partial charge in [0.1, 0.15) is 11.5 Å². The minimum Gasteiger partial charge on any atom is -0.497 e. The Morgan fingerprint density at radius 3 is 2.38 bits per heavy atom.